The van der Waals surface area contributed by atoms with Crippen LogP contribution in [0.2, 0.25) is 0 Å². The summed E-state index contributed by atoms with van der Waals surface area (Å²) in [4.78, 5) is 24.7. The number of hydrogen-bond donors (Lipinski definition) is 0. The van der Waals surface area contributed by atoms with Crippen LogP contribution in [-0.2, 0) is 0 Å². The van der Waals surface area contributed by atoms with E-state index in [1.54, 1.807) is 0 Å². The van der Waals surface area contributed by atoms with Gasteiger partial charge in [-0.05, 0) is 11.6 Å². The van der Waals surface area contributed by atoms with Crippen molar-refractivity contribution in [1.82, 2.24) is 24.9 Å². The third-order valence-electron chi connectivity index (χ3n) is 8.57. The second-order valence-corrected chi connectivity index (χ2v) is 11.7. The molecule has 0 saturated carbocycles. The second kappa shape index (κ2) is 12.1. The van der Waals surface area contributed by atoms with Gasteiger partial charge in [-0.1, -0.05) is 158 Å². The summed E-state index contributed by atoms with van der Waals surface area (Å²) in [5, 5.41) is 0.936. The van der Waals surface area contributed by atoms with Gasteiger partial charge in [0.05, 0.1) is 0 Å². The van der Waals surface area contributed by atoms with Crippen LogP contribution in [0, 0.1) is 0 Å². The molecule has 230 valence electrons. The lowest BCUT2D eigenvalue weighted by molar-refractivity contribution is 0.668. The van der Waals surface area contributed by atoms with E-state index in [9.17, 15) is 0 Å². The number of benzene rings is 6. The van der Waals surface area contributed by atoms with Gasteiger partial charge >= 0.3 is 0 Å². The lowest BCUT2D eigenvalue weighted by Gasteiger charge is -2.09. The Labute approximate surface area is 282 Å². The average molecular weight is 630 g/mol. The van der Waals surface area contributed by atoms with Crippen molar-refractivity contribution < 1.29 is 4.42 Å². The summed E-state index contributed by atoms with van der Waals surface area (Å²) in [5.41, 5.74) is 9.63. The predicted molar refractivity (Wildman–Crippen MR) is 195 cm³/mol. The molecule has 0 unspecified atom stereocenters. The SMILES string of the molecule is c1ccc(-c2nc(-c3ccccc3)nc(-c3ccc(-c4cccc5c4oc4c(-c6ccccc6)nc(-c6ccccc6)nc45)cc3)n2)cc1. The fourth-order valence-corrected chi connectivity index (χ4v) is 6.14. The highest BCUT2D eigenvalue weighted by Crippen LogP contribution is 2.39. The summed E-state index contributed by atoms with van der Waals surface area (Å²) < 4.78 is 6.70. The highest BCUT2D eigenvalue weighted by atomic mass is 16.3. The standard InChI is InChI=1S/C43H27N5O/c1-5-14-29(15-6-1)36-39-37(45-40(44-36)30-16-7-2-8-17-30)35-23-13-22-34(38(35)49-39)28-24-26-33(27-25-28)43-47-41(31-18-9-3-10-19-31)46-42(48-43)32-20-11-4-12-21-32/h1-27H. The minimum atomic E-state index is 0.609. The van der Waals surface area contributed by atoms with Gasteiger partial charge in [-0.3, -0.25) is 0 Å². The Morgan fingerprint density at radius 3 is 1.24 bits per heavy atom. The maximum absolute atomic E-state index is 6.70. The molecule has 6 nitrogen and oxygen atoms in total. The van der Waals surface area contributed by atoms with Crippen LogP contribution >= 0.6 is 0 Å². The highest BCUT2D eigenvalue weighted by Gasteiger charge is 2.20. The summed E-state index contributed by atoms with van der Waals surface area (Å²) in [6.45, 7) is 0. The van der Waals surface area contributed by atoms with Gasteiger partial charge in [0.15, 0.2) is 28.9 Å². The maximum atomic E-state index is 6.70. The van der Waals surface area contributed by atoms with Gasteiger partial charge in [0.2, 0.25) is 0 Å². The van der Waals surface area contributed by atoms with Crippen molar-refractivity contribution in [2.75, 3.05) is 0 Å². The lowest BCUT2D eigenvalue weighted by Crippen LogP contribution is -2.00. The number of nitrogens with zero attached hydrogens (tertiary/aromatic N) is 5. The Morgan fingerprint density at radius 2 is 0.735 bits per heavy atom. The lowest BCUT2D eigenvalue weighted by atomic mass is 10.0. The van der Waals surface area contributed by atoms with Gasteiger partial charge in [-0.15, -0.1) is 0 Å². The van der Waals surface area contributed by atoms with E-state index in [1.165, 1.54) is 0 Å². The molecule has 0 aliphatic carbocycles. The van der Waals surface area contributed by atoms with Crippen LogP contribution < -0.4 is 0 Å². The molecule has 0 bridgehead atoms. The molecule has 3 aromatic heterocycles. The van der Waals surface area contributed by atoms with Gasteiger partial charge in [-0.2, -0.15) is 0 Å². The highest BCUT2D eigenvalue weighted by molar-refractivity contribution is 6.11. The van der Waals surface area contributed by atoms with Crippen molar-refractivity contribution >= 4 is 22.1 Å². The van der Waals surface area contributed by atoms with E-state index in [0.717, 1.165) is 61.1 Å². The zero-order valence-electron chi connectivity index (χ0n) is 26.2. The largest absolute Gasteiger partial charge is 0.451 e. The fraction of sp³-hybridized carbons (Fsp3) is 0. The summed E-state index contributed by atoms with van der Waals surface area (Å²) in [5.74, 6) is 2.53. The number of para-hydroxylation sites is 1. The number of rotatable bonds is 6. The van der Waals surface area contributed by atoms with Crippen molar-refractivity contribution in [3.05, 3.63) is 164 Å². The van der Waals surface area contributed by atoms with Gasteiger partial charge < -0.3 is 4.42 Å². The zero-order chi connectivity index (χ0) is 32.6. The molecule has 0 amide bonds. The molecule has 49 heavy (non-hydrogen) atoms. The minimum Gasteiger partial charge on any atom is -0.451 e. The molecule has 0 aliphatic rings. The van der Waals surface area contributed by atoms with Crippen molar-refractivity contribution in [2.45, 2.75) is 0 Å². The molecule has 0 spiro atoms. The number of furan rings is 1. The predicted octanol–water partition coefficient (Wildman–Crippen LogP) is 10.6. The normalized spacial score (nSPS) is 11.3. The van der Waals surface area contributed by atoms with Crippen molar-refractivity contribution in [3.63, 3.8) is 0 Å². The van der Waals surface area contributed by atoms with E-state index in [-0.39, 0.29) is 0 Å². The Balaban J connectivity index is 1.17. The second-order valence-electron chi connectivity index (χ2n) is 11.7. The monoisotopic (exact) mass is 629 g/mol. The van der Waals surface area contributed by atoms with Crippen LogP contribution in [0.15, 0.2) is 168 Å². The van der Waals surface area contributed by atoms with Crippen molar-refractivity contribution in [3.8, 4) is 67.9 Å². The molecule has 6 aromatic carbocycles. The van der Waals surface area contributed by atoms with Gasteiger partial charge in [0, 0.05) is 38.8 Å². The smallest absolute Gasteiger partial charge is 0.180 e. The van der Waals surface area contributed by atoms with E-state index in [2.05, 4.69) is 54.6 Å². The van der Waals surface area contributed by atoms with Crippen LogP contribution in [-0.4, -0.2) is 24.9 Å². The Bertz CT molecular complexity index is 2510. The summed E-state index contributed by atoms with van der Waals surface area (Å²) >= 11 is 0. The van der Waals surface area contributed by atoms with Crippen LogP contribution in [0.3, 0.4) is 0 Å². The van der Waals surface area contributed by atoms with Gasteiger partial charge in [-0.25, -0.2) is 24.9 Å². The van der Waals surface area contributed by atoms with E-state index >= 15 is 0 Å². The molecule has 9 aromatic rings. The van der Waals surface area contributed by atoms with E-state index in [1.807, 2.05) is 109 Å². The van der Waals surface area contributed by atoms with Crippen LogP contribution in [0.4, 0.5) is 0 Å². The van der Waals surface area contributed by atoms with E-state index < -0.39 is 0 Å². The molecule has 0 aliphatic heterocycles. The van der Waals surface area contributed by atoms with Gasteiger partial charge in [0.1, 0.15) is 16.8 Å². The Hall–Kier alpha value is -6.79. The first kappa shape index (κ1) is 28.4. The molecular formula is C43H27N5O. The van der Waals surface area contributed by atoms with Crippen LogP contribution in [0.1, 0.15) is 0 Å². The molecule has 6 heteroatoms. The quantitative estimate of drug-likeness (QED) is 0.182. The molecular weight excluding hydrogens is 603 g/mol. The maximum Gasteiger partial charge on any atom is 0.180 e. The van der Waals surface area contributed by atoms with Crippen molar-refractivity contribution in [1.29, 1.82) is 0 Å². The fourth-order valence-electron chi connectivity index (χ4n) is 6.14. The number of hydrogen-bond acceptors (Lipinski definition) is 6. The third kappa shape index (κ3) is 5.31. The molecule has 0 saturated heterocycles. The molecule has 9 rings (SSSR count). The molecule has 0 N–H and O–H groups in total. The van der Waals surface area contributed by atoms with Crippen molar-refractivity contribution in [2.24, 2.45) is 0 Å². The van der Waals surface area contributed by atoms with Crippen LogP contribution in [0.25, 0.3) is 90.0 Å². The Kier molecular flexibility index (Phi) is 7.02. The zero-order valence-corrected chi connectivity index (χ0v) is 26.2. The Morgan fingerprint density at radius 1 is 0.306 bits per heavy atom. The first-order chi connectivity index (χ1) is 24.3. The van der Waals surface area contributed by atoms with E-state index in [0.29, 0.717) is 28.9 Å². The third-order valence-corrected chi connectivity index (χ3v) is 8.57. The number of fused-ring (bicyclic) bond motifs is 3. The van der Waals surface area contributed by atoms with E-state index in [4.69, 9.17) is 29.3 Å². The van der Waals surface area contributed by atoms with Crippen LogP contribution in [0.5, 0.6) is 0 Å². The summed E-state index contributed by atoms with van der Waals surface area (Å²) in [6.07, 6.45) is 0. The first-order valence-electron chi connectivity index (χ1n) is 16.1. The average Bonchev–Trinajstić information content (AvgIpc) is 3.58. The summed E-state index contributed by atoms with van der Waals surface area (Å²) in [7, 11) is 0. The minimum absolute atomic E-state index is 0.609. The topological polar surface area (TPSA) is 77.6 Å². The molecule has 3 heterocycles. The first-order valence-corrected chi connectivity index (χ1v) is 16.1. The summed E-state index contributed by atoms with van der Waals surface area (Å²) in [6, 6.07) is 54.7. The molecule has 0 radical (unpaired) electrons. The van der Waals surface area contributed by atoms with Gasteiger partial charge in [0.25, 0.3) is 0 Å². The molecule has 0 fully saturated rings. The number of aromatic nitrogens is 5. The molecule has 0 atom stereocenters.